The molecule has 0 N–H and O–H groups in total. The van der Waals surface area contributed by atoms with E-state index in [2.05, 4.69) is 15.2 Å². The molecule has 0 aliphatic carbocycles. The zero-order valence-corrected chi connectivity index (χ0v) is 12.8. The van der Waals surface area contributed by atoms with Crippen LogP contribution in [0.1, 0.15) is 17.0 Å². The number of nitrogens with zero attached hydrogens (tertiary/aromatic N) is 4. The maximum absolute atomic E-state index is 6.39. The van der Waals surface area contributed by atoms with Crippen LogP contribution in [-0.2, 0) is 0 Å². The van der Waals surface area contributed by atoms with Gasteiger partial charge in [0, 0.05) is 11.3 Å². The molecule has 0 aliphatic heterocycles. The maximum Gasteiger partial charge on any atom is 0.199 e. The van der Waals surface area contributed by atoms with Crippen molar-refractivity contribution in [1.29, 1.82) is 0 Å². The molecule has 0 saturated carbocycles. The van der Waals surface area contributed by atoms with Gasteiger partial charge in [-0.3, -0.25) is 4.40 Å². The van der Waals surface area contributed by atoms with E-state index in [0.717, 1.165) is 22.5 Å². The summed E-state index contributed by atoms with van der Waals surface area (Å²) in [5, 5.41) is 9.38. The molecule has 0 spiro atoms. The number of benzene rings is 1. The Labute approximate surface area is 126 Å². The van der Waals surface area contributed by atoms with Gasteiger partial charge in [-0.05, 0) is 32.4 Å². The fourth-order valence-electron chi connectivity index (χ4n) is 2.17. The number of aromatic nitrogens is 4. The van der Waals surface area contributed by atoms with E-state index in [-0.39, 0.29) is 0 Å². The predicted molar refractivity (Wildman–Crippen MR) is 80.4 cm³/mol. The molecule has 0 radical (unpaired) electrons. The molecular formula is C14H12Cl2N4. The summed E-state index contributed by atoms with van der Waals surface area (Å²) < 4.78 is 1.89. The van der Waals surface area contributed by atoms with Crippen LogP contribution < -0.4 is 0 Å². The van der Waals surface area contributed by atoms with Crippen LogP contribution in [-0.4, -0.2) is 19.6 Å². The van der Waals surface area contributed by atoms with Crippen LogP contribution in [0.5, 0.6) is 0 Å². The average Bonchev–Trinajstić information content (AvgIpc) is 2.84. The van der Waals surface area contributed by atoms with Crippen molar-refractivity contribution in [2.24, 2.45) is 0 Å². The predicted octanol–water partition coefficient (Wildman–Crippen LogP) is 4.02. The number of hydrogen-bond acceptors (Lipinski definition) is 3. The highest BCUT2D eigenvalue weighted by Gasteiger charge is 2.17. The van der Waals surface area contributed by atoms with Crippen LogP contribution in [0.25, 0.3) is 17.0 Å². The Balaban J connectivity index is 2.41. The highest BCUT2D eigenvalue weighted by atomic mass is 35.5. The Morgan fingerprint density at radius 3 is 2.55 bits per heavy atom. The summed E-state index contributed by atoms with van der Waals surface area (Å²) >= 11 is 12.5. The molecule has 3 aromatic rings. The first-order valence-corrected chi connectivity index (χ1v) is 6.89. The molecule has 4 nitrogen and oxygen atoms in total. The summed E-state index contributed by atoms with van der Waals surface area (Å²) in [6.45, 7) is 5.83. The van der Waals surface area contributed by atoms with E-state index >= 15 is 0 Å². The van der Waals surface area contributed by atoms with Crippen LogP contribution in [0.2, 0.25) is 10.2 Å². The van der Waals surface area contributed by atoms with Crippen molar-refractivity contribution in [1.82, 2.24) is 19.6 Å². The molecule has 6 heteroatoms. The third-order valence-corrected chi connectivity index (χ3v) is 4.16. The molecule has 102 valence electrons. The number of hydrogen-bond donors (Lipinski definition) is 0. The fourth-order valence-corrected chi connectivity index (χ4v) is 2.63. The third-order valence-electron chi connectivity index (χ3n) is 3.41. The van der Waals surface area contributed by atoms with E-state index in [0.29, 0.717) is 21.6 Å². The second kappa shape index (κ2) is 4.72. The zero-order chi connectivity index (χ0) is 14.4. The third kappa shape index (κ3) is 1.87. The summed E-state index contributed by atoms with van der Waals surface area (Å²) in [6, 6.07) is 5.83. The molecule has 0 aliphatic rings. The first-order valence-electron chi connectivity index (χ1n) is 6.14. The molecule has 20 heavy (non-hydrogen) atoms. The molecule has 0 atom stereocenters. The van der Waals surface area contributed by atoms with Crippen molar-refractivity contribution in [3.8, 4) is 11.4 Å². The molecule has 0 saturated heterocycles. The molecule has 1 aromatic carbocycles. The van der Waals surface area contributed by atoms with Gasteiger partial charge in [0.05, 0.1) is 10.7 Å². The van der Waals surface area contributed by atoms with Gasteiger partial charge in [-0.15, -0.1) is 10.2 Å². The lowest BCUT2D eigenvalue weighted by atomic mass is 10.1. The van der Waals surface area contributed by atoms with Gasteiger partial charge in [-0.2, -0.15) is 0 Å². The zero-order valence-electron chi connectivity index (χ0n) is 11.3. The highest BCUT2D eigenvalue weighted by molar-refractivity contribution is 6.34. The Morgan fingerprint density at radius 2 is 1.80 bits per heavy atom. The molecule has 0 unspecified atom stereocenters. The van der Waals surface area contributed by atoms with E-state index in [9.17, 15) is 0 Å². The Hall–Kier alpha value is -1.65. The first-order chi connectivity index (χ1) is 9.50. The molecule has 0 fully saturated rings. The van der Waals surface area contributed by atoms with Crippen molar-refractivity contribution < 1.29 is 0 Å². The van der Waals surface area contributed by atoms with Crippen LogP contribution in [0.4, 0.5) is 0 Å². The van der Waals surface area contributed by atoms with Gasteiger partial charge in [0.15, 0.2) is 16.6 Å². The standard InChI is InChI=1S/C14H12Cl2N4/c1-7-5-4-6-10(11(7)15)13-18-19-14-12(16)17-8(2)9(3)20(13)14/h4-6H,1-3H3. The number of halogens is 2. The minimum Gasteiger partial charge on any atom is -0.275 e. The van der Waals surface area contributed by atoms with Gasteiger partial charge in [0.1, 0.15) is 0 Å². The number of aryl methyl sites for hydroxylation is 3. The normalized spacial score (nSPS) is 11.2. The second-order valence-electron chi connectivity index (χ2n) is 4.69. The van der Waals surface area contributed by atoms with Gasteiger partial charge in [0.25, 0.3) is 0 Å². The first kappa shape index (κ1) is 13.3. The van der Waals surface area contributed by atoms with Gasteiger partial charge in [0.2, 0.25) is 0 Å². The molecular weight excluding hydrogens is 295 g/mol. The average molecular weight is 307 g/mol. The fraction of sp³-hybridized carbons (Fsp3) is 0.214. The topological polar surface area (TPSA) is 43.1 Å². The van der Waals surface area contributed by atoms with E-state index in [1.54, 1.807) is 0 Å². The summed E-state index contributed by atoms with van der Waals surface area (Å²) in [7, 11) is 0. The van der Waals surface area contributed by atoms with Crippen molar-refractivity contribution in [3.05, 3.63) is 45.3 Å². The van der Waals surface area contributed by atoms with Crippen LogP contribution in [0.3, 0.4) is 0 Å². The molecule has 0 bridgehead atoms. The monoisotopic (exact) mass is 306 g/mol. The molecule has 0 amide bonds. The Kier molecular flexibility index (Phi) is 3.15. The SMILES string of the molecule is Cc1cccc(-c2nnc3c(Cl)nc(C)c(C)n23)c1Cl. The van der Waals surface area contributed by atoms with Crippen LogP contribution >= 0.6 is 23.2 Å². The smallest absolute Gasteiger partial charge is 0.199 e. The maximum atomic E-state index is 6.39. The molecule has 3 rings (SSSR count). The van der Waals surface area contributed by atoms with E-state index in [4.69, 9.17) is 23.2 Å². The quantitative estimate of drug-likeness (QED) is 0.682. The van der Waals surface area contributed by atoms with Gasteiger partial charge < -0.3 is 0 Å². The molecule has 2 heterocycles. The van der Waals surface area contributed by atoms with Crippen LogP contribution in [0.15, 0.2) is 18.2 Å². The summed E-state index contributed by atoms with van der Waals surface area (Å²) in [5.74, 6) is 0.679. The highest BCUT2D eigenvalue weighted by Crippen LogP contribution is 2.31. The second-order valence-corrected chi connectivity index (χ2v) is 5.43. The lowest BCUT2D eigenvalue weighted by molar-refractivity contribution is 1.000. The Morgan fingerprint density at radius 1 is 1.05 bits per heavy atom. The van der Waals surface area contributed by atoms with Gasteiger partial charge >= 0.3 is 0 Å². The van der Waals surface area contributed by atoms with E-state index in [1.807, 2.05) is 43.4 Å². The van der Waals surface area contributed by atoms with Crippen molar-refractivity contribution in [2.75, 3.05) is 0 Å². The van der Waals surface area contributed by atoms with Crippen LogP contribution in [0, 0.1) is 20.8 Å². The lowest BCUT2D eigenvalue weighted by Gasteiger charge is -2.09. The minimum absolute atomic E-state index is 0.343. The molecule has 2 aromatic heterocycles. The van der Waals surface area contributed by atoms with Crippen molar-refractivity contribution in [2.45, 2.75) is 20.8 Å². The number of rotatable bonds is 1. The Bertz CT molecular complexity index is 824. The number of fused-ring (bicyclic) bond motifs is 1. The van der Waals surface area contributed by atoms with Crippen molar-refractivity contribution >= 4 is 28.8 Å². The van der Waals surface area contributed by atoms with Crippen molar-refractivity contribution in [3.63, 3.8) is 0 Å². The largest absolute Gasteiger partial charge is 0.275 e. The van der Waals surface area contributed by atoms with E-state index in [1.165, 1.54) is 0 Å². The van der Waals surface area contributed by atoms with Gasteiger partial charge in [-0.1, -0.05) is 35.3 Å². The summed E-state index contributed by atoms with van der Waals surface area (Å²) in [5.41, 5.74) is 4.16. The van der Waals surface area contributed by atoms with E-state index < -0.39 is 0 Å². The summed E-state index contributed by atoms with van der Waals surface area (Å²) in [4.78, 5) is 4.26. The van der Waals surface area contributed by atoms with Gasteiger partial charge in [-0.25, -0.2) is 4.98 Å². The minimum atomic E-state index is 0.343. The summed E-state index contributed by atoms with van der Waals surface area (Å²) in [6.07, 6.45) is 0. The lowest BCUT2D eigenvalue weighted by Crippen LogP contribution is -2.01.